The molecule has 156 valence electrons. The summed E-state index contributed by atoms with van der Waals surface area (Å²) in [5.41, 5.74) is 2.36. The van der Waals surface area contributed by atoms with Crippen molar-refractivity contribution in [2.45, 2.75) is 26.8 Å². The van der Waals surface area contributed by atoms with Gasteiger partial charge in [-0.15, -0.1) is 0 Å². The van der Waals surface area contributed by atoms with Crippen LogP contribution >= 0.6 is 0 Å². The summed E-state index contributed by atoms with van der Waals surface area (Å²) in [6.07, 6.45) is 0. The highest BCUT2D eigenvalue weighted by molar-refractivity contribution is 5.99. The summed E-state index contributed by atoms with van der Waals surface area (Å²) >= 11 is 0. The van der Waals surface area contributed by atoms with Gasteiger partial charge in [-0.2, -0.15) is 0 Å². The minimum absolute atomic E-state index is 0.119. The molecule has 0 aliphatic carbocycles. The van der Waals surface area contributed by atoms with Crippen LogP contribution in [0.15, 0.2) is 51.7 Å². The molecule has 1 amide bonds. The fourth-order valence-corrected chi connectivity index (χ4v) is 4.16. The molecule has 30 heavy (non-hydrogen) atoms. The molecule has 3 aromatic rings. The van der Waals surface area contributed by atoms with E-state index in [0.717, 1.165) is 24.2 Å². The van der Waals surface area contributed by atoms with E-state index in [1.807, 2.05) is 13.0 Å². The van der Waals surface area contributed by atoms with Crippen LogP contribution in [0, 0.1) is 6.92 Å². The van der Waals surface area contributed by atoms with E-state index in [4.69, 9.17) is 4.42 Å². The summed E-state index contributed by atoms with van der Waals surface area (Å²) in [6.45, 7) is 9.04. The van der Waals surface area contributed by atoms with Gasteiger partial charge in [-0.1, -0.05) is 37.6 Å². The first-order valence-corrected chi connectivity index (χ1v) is 10.3. The van der Waals surface area contributed by atoms with Crippen molar-refractivity contribution in [2.75, 3.05) is 26.2 Å². The summed E-state index contributed by atoms with van der Waals surface area (Å²) in [5.74, 6) is -0.0112. The molecule has 4 rings (SSSR count). The Morgan fingerprint density at radius 2 is 1.77 bits per heavy atom. The lowest BCUT2D eigenvalue weighted by atomic mass is 9.98. The van der Waals surface area contributed by atoms with E-state index in [-0.39, 0.29) is 22.8 Å². The molecule has 1 N–H and O–H groups in total. The number of carbonyl (C=O) groups is 1. The molecule has 6 heteroatoms. The normalized spacial score (nSPS) is 15.9. The Kier molecular flexibility index (Phi) is 5.35. The zero-order valence-corrected chi connectivity index (χ0v) is 17.5. The van der Waals surface area contributed by atoms with E-state index in [2.05, 4.69) is 18.7 Å². The largest absolute Gasteiger partial charge is 0.508 e. The average molecular weight is 406 g/mol. The molecule has 1 aromatic heterocycles. The summed E-state index contributed by atoms with van der Waals surface area (Å²) in [7, 11) is 0. The maximum Gasteiger partial charge on any atom is 0.290 e. The van der Waals surface area contributed by atoms with Gasteiger partial charge in [0.2, 0.25) is 5.76 Å². The van der Waals surface area contributed by atoms with Crippen LogP contribution in [0.3, 0.4) is 0 Å². The van der Waals surface area contributed by atoms with E-state index in [9.17, 15) is 14.7 Å². The van der Waals surface area contributed by atoms with E-state index in [1.165, 1.54) is 0 Å². The molecular formula is C24H26N2O4. The number of aromatic hydroxyl groups is 1. The quantitative estimate of drug-likeness (QED) is 0.676. The fraction of sp³-hybridized carbons (Fsp3) is 0.333. The third-order valence-corrected chi connectivity index (χ3v) is 5.88. The smallest absolute Gasteiger partial charge is 0.290 e. The number of hydrogen-bond donors (Lipinski definition) is 1. The Labute approximate surface area is 175 Å². The zero-order valence-electron chi connectivity index (χ0n) is 17.5. The number of phenols is 1. The van der Waals surface area contributed by atoms with Crippen LogP contribution in [0.25, 0.3) is 11.0 Å². The second kappa shape index (κ2) is 7.95. The van der Waals surface area contributed by atoms with Crippen molar-refractivity contribution in [3.05, 3.63) is 75.1 Å². The second-order valence-electron chi connectivity index (χ2n) is 7.69. The van der Waals surface area contributed by atoms with E-state index in [0.29, 0.717) is 29.6 Å². The van der Waals surface area contributed by atoms with Gasteiger partial charge in [-0.3, -0.25) is 9.59 Å². The lowest BCUT2D eigenvalue weighted by Gasteiger charge is -2.28. The standard InChI is InChI=1S/C24H26N2O4/c1-4-25(5-2)12-13-26-21(16-7-9-17(27)10-8-16)20-22(28)18-14-15(3)6-11-19(18)30-23(20)24(26)29/h6-11,14,21,27H,4-5,12-13H2,1-3H3. The van der Waals surface area contributed by atoms with Crippen LogP contribution in [0.4, 0.5) is 0 Å². The van der Waals surface area contributed by atoms with Gasteiger partial charge in [-0.25, -0.2) is 0 Å². The number of aryl methyl sites for hydroxylation is 1. The first-order valence-electron chi connectivity index (χ1n) is 10.3. The zero-order chi connectivity index (χ0) is 21.4. The molecule has 1 unspecified atom stereocenters. The number of phenolic OH excluding ortho intramolecular Hbond substituents is 1. The first-order chi connectivity index (χ1) is 14.4. The van der Waals surface area contributed by atoms with E-state index < -0.39 is 6.04 Å². The molecule has 0 saturated heterocycles. The molecule has 0 spiro atoms. The van der Waals surface area contributed by atoms with Crippen LogP contribution in [-0.2, 0) is 0 Å². The summed E-state index contributed by atoms with van der Waals surface area (Å²) in [6, 6.07) is 11.5. The Morgan fingerprint density at radius 3 is 2.43 bits per heavy atom. The van der Waals surface area contributed by atoms with Gasteiger partial charge in [0.15, 0.2) is 5.43 Å². The van der Waals surface area contributed by atoms with Crippen molar-refractivity contribution in [3.63, 3.8) is 0 Å². The summed E-state index contributed by atoms with van der Waals surface area (Å²) in [5, 5.41) is 10.2. The van der Waals surface area contributed by atoms with Crippen LogP contribution in [0.1, 0.15) is 47.1 Å². The van der Waals surface area contributed by atoms with Crippen molar-refractivity contribution in [2.24, 2.45) is 0 Å². The molecule has 2 aromatic carbocycles. The Balaban J connectivity index is 1.87. The Hall–Kier alpha value is -3.12. The minimum atomic E-state index is -0.537. The summed E-state index contributed by atoms with van der Waals surface area (Å²) < 4.78 is 5.96. The number of likely N-dealkylation sites (N-methyl/N-ethyl adjacent to an activating group) is 1. The first kappa shape index (κ1) is 20.2. The Morgan fingerprint density at radius 1 is 1.07 bits per heavy atom. The topological polar surface area (TPSA) is 74.0 Å². The molecule has 0 radical (unpaired) electrons. The Bertz CT molecular complexity index is 1150. The third-order valence-electron chi connectivity index (χ3n) is 5.88. The number of benzene rings is 2. The number of nitrogens with zero attached hydrogens (tertiary/aromatic N) is 2. The van der Waals surface area contributed by atoms with Crippen molar-refractivity contribution >= 4 is 16.9 Å². The number of rotatable bonds is 6. The molecule has 1 aliphatic rings. The lowest BCUT2D eigenvalue weighted by molar-refractivity contribution is 0.0708. The SMILES string of the molecule is CCN(CC)CCN1C(=O)c2oc3ccc(C)cc3c(=O)c2C1c1ccc(O)cc1. The van der Waals surface area contributed by atoms with Crippen LogP contribution < -0.4 is 5.43 Å². The van der Waals surface area contributed by atoms with Crippen molar-refractivity contribution in [1.82, 2.24) is 9.80 Å². The van der Waals surface area contributed by atoms with Crippen molar-refractivity contribution in [1.29, 1.82) is 0 Å². The predicted molar refractivity (Wildman–Crippen MR) is 116 cm³/mol. The minimum Gasteiger partial charge on any atom is -0.508 e. The van der Waals surface area contributed by atoms with Gasteiger partial charge < -0.3 is 19.3 Å². The molecule has 1 aliphatic heterocycles. The molecule has 0 fully saturated rings. The van der Waals surface area contributed by atoms with Gasteiger partial charge in [0, 0.05) is 13.1 Å². The van der Waals surface area contributed by atoms with Gasteiger partial charge >= 0.3 is 0 Å². The average Bonchev–Trinajstić information content (AvgIpc) is 3.02. The van der Waals surface area contributed by atoms with Gasteiger partial charge in [0.25, 0.3) is 5.91 Å². The molecule has 1 atom stereocenters. The van der Waals surface area contributed by atoms with Crippen LogP contribution in [0.5, 0.6) is 5.75 Å². The number of hydrogen-bond acceptors (Lipinski definition) is 5. The molecule has 6 nitrogen and oxygen atoms in total. The molecule has 2 heterocycles. The lowest BCUT2D eigenvalue weighted by Crippen LogP contribution is -2.37. The fourth-order valence-electron chi connectivity index (χ4n) is 4.16. The van der Waals surface area contributed by atoms with Gasteiger partial charge in [0.05, 0.1) is 17.0 Å². The number of carbonyl (C=O) groups excluding carboxylic acids is 1. The van der Waals surface area contributed by atoms with Gasteiger partial charge in [0.1, 0.15) is 11.3 Å². The maximum atomic E-state index is 13.5. The summed E-state index contributed by atoms with van der Waals surface area (Å²) in [4.78, 5) is 30.7. The van der Waals surface area contributed by atoms with Crippen molar-refractivity contribution < 1.29 is 14.3 Å². The van der Waals surface area contributed by atoms with Crippen molar-refractivity contribution in [3.8, 4) is 5.75 Å². The third kappa shape index (κ3) is 3.37. The second-order valence-corrected chi connectivity index (χ2v) is 7.69. The highest BCUT2D eigenvalue weighted by Crippen LogP contribution is 2.38. The van der Waals surface area contributed by atoms with E-state index in [1.54, 1.807) is 41.3 Å². The number of amides is 1. The highest BCUT2D eigenvalue weighted by atomic mass is 16.3. The molecule has 0 bridgehead atoms. The highest BCUT2D eigenvalue weighted by Gasteiger charge is 2.42. The van der Waals surface area contributed by atoms with Crippen LogP contribution in [-0.4, -0.2) is 47.0 Å². The molecule has 0 saturated carbocycles. The van der Waals surface area contributed by atoms with E-state index >= 15 is 0 Å². The molecular weight excluding hydrogens is 380 g/mol. The predicted octanol–water partition coefficient (Wildman–Crippen LogP) is 3.69. The monoisotopic (exact) mass is 406 g/mol. The van der Waals surface area contributed by atoms with Crippen LogP contribution in [0.2, 0.25) is 0 Å². The maximum absolute atomic E-state index is 13.5. The van der Waals surface area contributed by atoms with Gasteiger partial charge in [-0.05, 0) is 49.8 Å². The number of fused-ring (bicyclic) bond motifs is 2.